The molecule has 1 amide bonds. The van der Waals surface area contributed by atoms with Crippen LogP contribution in [0, 0.1) is 10.1 Å². The van der Waals surface area contributed by atoms with E-state index in [1.807, 2.05) is 0 Å². The number of nitro groups is 1. The van der Waals surface area contributed by atoms with Crippen molar-refractivity contribution < 1.29 is 33.9 Å². The van der Waals surface area contributed by atoms with Crippen LogP contribution in [0.4, 0.5) is 5.69 Å². The topological polar surface area (TPSA) is 136 Å². The molecule has 26 heavy (non-hydrogen) atoms. The van der Waals surface area contributed by atoms with Gasteiger partial charge in [0.1, 0.15) is 12.0 Å². The highest BCUT2D eigenvalue weighted by Gasteiger charge is 2.53. The Kier molecular flexibility index (Phi) is 6.29. The van der Waals surface area contributed by atoms with Gasteiger partial charge in [0.15, 0.2) is 11.2 Å². The Labute approximate surface area is 152 Å². The standard InChI is InChI=1S/C15H16N2O8S/c1-8(18)26-14-11(24-2)12(19)16(14)13(20)15(21)25-7-9-3-5-10(6-4-9)17(22)23/h3-6,11,13-14,20H,7H2,1-2H3. The van der Waals surface area contributed by atoms with E-state index in [9.17, 15) is 29.6 Å². The summed E-state index contributed by atoms with van der Waals surface area (Å²) in [5.74, 6) is -1.72. The number of benzene rings is 1. The van der Waals surface area contributed by atoms with E-state index in [1.54, 1.807) is 0 Å². The van der Waals surface area contributed by atoms with Gasteiger partial charge in [0.2, 0.25) is 6.23 Å². The Hall–Kier alpha value is -2.50. The molecule has 10 nitrogen and oxygen atoms in total. The number of nitro benzene ring substituents is 1. The van der Waals surface area contributed by atoms with E-state index in [0.29, 0.717) is 5.56 Å². The molecule has 1 aromatic rings. The van der Waals surface area contributed by atoms with Crippen molar-refractivity contribution in [1.82, 2.24) is 4.90 Å². The monoisotopic (exact) mass is 384 g/mol. The number of likely N-dealkylation sites (tertiary alicyclic amines) is 1. The van der Waals surface area contributed by atoms with Crippen LogP contribution in [0.5, 0.6) is 0 Å². The Bertz CT molecular complexity index is 723. The van der Waals surface area contributed by atoms with Crippen LogP contribution in [0.25, 0.3) is 0 Å². The summed E-state index contributed by atoms with van der Waals surface area (Å²) >= 11 is 0.760. The maximum Gasteiger partial charge on any atom is 0.356 e. The molecule has 0 saturated carbocycles. The molecular formula is C15H16N2O8S. The van der Waals surface area contributed by atoms with Crippen LogP contribution in [0.15, 0.2) is 24.3 Å². The predicted molar refractivity (Wildman–Crippen MR) is 88.6 cm³/mol. The molecule has 3 unspecified atom stereocenters. The highest BCUT2D eigenvalue weighted by Crippen LogP contribution is 2.34. The number of carbonyl (C=O) groups excluding carboxylic acids is 3. The number of thioether (sulfide) groups is 1. The number of nitrogens with zero attached hydrogens (tertiary/aromatic N) is 2. The van der Waals surface area contributed by atoms with E-state index < -0.39 is 34.5 Å². The molecule has 1 heterocycles. The Morgan fingerprint density at radius 3 is 2.50 bits per heavy atom. The third kappa shape index (κ3) is 4.18. The average molecular weight is 384 g/mol. The van der Waals surface area contributed by atoms with Gasteiger partial charge < -0.3 is 14.6 Å². The summed E-state index contributed by atoms with van der Waals surface area (Å²) < 4.78 is 9.88. The first kappa shape index (κ1) is 19.8. The fourth-order valence-corrected chi connectivity index (χ4v) is 3.30. The number of amides is 1. The molecule has 11 heteroatoms. The summed E-state index contributed by atoms with van der Waals surface area (Å²) in [5.41, 5.74) is 0.358. The number of carbonyl (C=O) groups is 3. The number of aliphatic hydroxyl groups excluding tert-OH is 1. The van der Waals surface area contributed by atoms with Crippen molar-refractivity contribution in [3.8, 4) is 0 Å². The quantitative estimate of drug-likeness (QED) is 0.307. The van der Waals surface area contributed by atoms with Crippen LogP contribution in [0.1, 0.15) is 12.5 Å². The van der Waals surface area contributed by atoms with Gasteiger partial charge in [-0.15, -0.1) is 0 Å². The van der Waals surface area contributed by atoms with E-state index in [2.05, 4.69) is 0 Å². The van der Waals surface area contributed by atoms with Crippen molar-refractivity contribution in [3.63, 3.8) is 0 Å². The summed E-state index contributed by atoms with van der Waals surface area (Å²) in [6, 6.07) is 5.31. The lowest BCUT2D eigenvalue weighted by atomic mass is 10.1. The molecule has 1 aliphatic rings. The Balaban J connectivity index is 1.96. The van der Waals surface area contributed by atoms with Crippen LogP contribution >= 0.6 is 11.8 Å². The SMILES string of the molecule is COC1C(=O)N(C(O)C(=O)OCc2ccc([N+](=O)[O-])cc2)C1SC(C)=O. The Morgan fingerprint density at radius 1 is 1.38 bits per heavy atom. The van der Waals surface area contributed by atoms with Gasteiger partial charge in [-0.05, 0) is 17.7 Å². The van der Waals surface area contributed by atoms with Gasteiger partial charge in [-0.25, -0.2) is 4.79 Å². The average Bonchev–Trinajstić information content (AvgIpc) is 2.59. The molecule has 3 atom stereocenters. The lowest BCUT2D eigenvalue weighted by Gasteiger charge is -2.46. The molecule has 0 spiro atoms. The van der Waals surface area contributed by atoms with Gasteiger partial charge in [-0.1, -0.05) is 11.8 Å². The Morgan fingerprint density at radius 2 is 2.00 bits per heavy atom. The van der Waals surface area contributed by atoms with Gasteiger partial charge in [-0.3, -0.25) is 24.6 Å². The number of non-ortho nitro benzene ring substituents is 1. The molecule has 0 bridgehead atoms. The second-order valence-electron chi connectivity index (χ2n) is 5.31. The van der Waals surface area contributed by atoms with Crippen LogP contribution in [-0.2, 0) is 30.5 Å². The van der Waals surface area contributed by atoms with Crippen LogP contribution in [-0.4, -0.2) is 56.7 Å². The van der Waals surface area contributed by atoms with Crippen molar-refractivity contribution >= 4 is 34.4 Å². The molecule has 1 aliphatic heterocycles. The predicted octanol–water partition coefficient (Wildman–Crippen LogP) is 0.419. The second kappa shape index (κ2) is 8.25. The lowest BCUT2D eigenvalue weighted by molar-refractivity contribution is -0.384. The minimum Gasteiger partial charge on any atom is -0.457 e. The number of ether oxygens (including phenoxy) is 2. The maximum absolute atomic E-state index is 12.0. The minimum absolute atomic E-state index is 0.110. The minimum atomic E-state index is -1.89. The first-order valence-corrected chi connectivity index (χ1v) is 8.24. The molecule has 140 valence electrons. The zero-order chi connectivity index (χ0) is 19.4. The fourth-order valence-electron chi connectivity index (χ4n) is 2.28. The van der Waals surface area contributed by atoms with Crippen molar-refractivity contribution in [3.05, 3.63) is 39.9 Å². The molecule has 1 aromatic carbocycles. The van der Waals surface area contributed by atoms with Crippen LogP contribution in [0.3, 0.4) is 0 Å². The number of esters is 1. The third-order valence-electron chi connectivity index (χ3n) is 3.57. The molecule has 1 fully saturated rings. The highest BCUT2D eigenvalue weighted by atomic mass is 32.2. The number of hydrogen-bond acceptors (Lipinski definition) is 9. The van der Waals surface area contributed by atoms with Gasteiger partial charge in [-0.2, -0.15) is 0 Å². The zero-order valence-electron chi connectivity index (χ0n) is 13.9. The van der Waals surface area contributed by atoms with Crippen LogP contribution in [0.2, 0.25) is 0 Å². The normalized spacial score (nSPS) is 20.3. The fraction of sp³-hybridized carbons (Fsp3) is 0.400. The van der Waals surface area contributed by atoms with E-state index in [0.717, 1.165) is 16.7 Å². The van der Waals surface area contributed by atoms with Gasteiger partial charge in [0.25, 0.3) is 11.6 Å². The van der Waals surface area contributed by atoms with Crippen molar-refractivity contribution in [2.45, 2.75) is 31.2 Å². The van der Waals surface area contributed by atoms with E-state index in [1.165, 1.54) is 38.3 Å². The van der Waals surface area contributed by atoms with Crippen molar-refractivity contribution in [2.75, 3.05) is 7.11 Å². The lowest BCUT2D eigenvalue weighted by Crippen LogP contribution is -2.68. The van der Waals surface area contributed by atoms with Crippen molar-refractivity contribution in [2.24, 2.45) is 0 Å². The van der Waals surface area contributed by atoms with E-state index in [4.69, 9.17) is 9.47 Å². The molecular weight excluding hydrogens is 368 g/mol. The summed E-state index contributed by atoms with van der Waals surface area (Å²) in [7, 11) is 1.28. The molecule has 0 radical (unpaired) electrons. The van der Waals surface area contributed by atoms with Gasteiger partial charge >= 0.3 is 5.97 Å². The van der Waals surface area contributed by atoms with Crippen molar-refractivity contribution in [1.29, 1.82) is 0 Å². The summed E-state index contributed by atoms with van der Waals surface area (Å²) in [6.45, 7) is 1.05. The molecule has 2 rings (SSSR count). The zero-order valence-corrected chi connectivity index (χ0v) is 14.7. The smallest absolute Gasteiger partial charge is 0.356 e. The summed E-state index contributed by atoms with van der Waals surface area (Å²) in [4.78, 5) is 46.0. The van der Waals surface area contributed by atoms with E-state index in [-0.39, 0.29) is 17.4 Å². The first-order chi connectivity index (χ1) is 12.3. The molecule has 0 aromatic heterocycles. The number of methoxy groups -OCH3 is 1. The number of aliphatic hydroxyl groups is 1. The summed E-state index contributed by atoms with van der Waals surface area (Å²) in [6.07, 6.45) is -2.81. The second-order valence-corrected chi connectivity index (χ2v) is 6.60. The first-order valence-electron chi connectivity index (χ1n) is 7.36. The largest absolute Gasteiger partial charge is 0.457 e. The number of β-lactam (4-membered cyclic amide) rings is 1. The van der Waals surface area contributed by atoms with Gasteiger partial charge in [0, 0.05) is 26.2 Å². The number of rotatable bonds is 7. The van der Waals surface area contributed by atoms with Crippen LogP contribution < -0.4 is 0 Å². The van der Waals surface area contributed by atoms with E-state index >= 15 is 0 Å². The number of hydrogen-bond donors (Lipinski definition) is 1. The molecule has 0 aliphatic carbocycles. The summed E-state index contributed by atoms with van der Waals surface area (Å²) in [5, 5.41) is 19.5. The molecule has 1 N–H and O–H groups in total. The maximum atomic E-state index is 12.0. The highest BCUT2D eigenvalue weighted by molar-refractivity contribution is 8.14. The molecule has 1 saturated heterocycles. The van der Waals surface area contributed by atoms with Gasteiger partial charge in [0.05, 0.1) is 4.92 Å². The third-order valence-corrected chi connectivity index (χ3v) is 4.62.